The van der Waals surface area contributed by atoms with Crippen molar-refractivity contribution < 1.29 is 13.2 Å². The molecular weight excluding hydrogens is 362 g/mol. The van der Waals surface area contributed by atoms with Gasteiger partial charge in [-0.25, -0.2) is 12.7 Å². The van der Waals surface area contributed by atoms with Crippen molar-refractivity contribution in [1.29, 1.82) is 0 Å². The van der Waals surface area contributed by atoms with Crippen molar-refractivity contribution in [3.8, 4) is 0 Å². The number of rotatable bonds is 5. The summed E-state index contributed by atoms with van der Waals surface area (Å²) in [6.07, 6.45) is 3.45. The Bertz CT molecular complexity index is 741. The zero-order chi connectivity index (χ0) is 19.5. The second-order valence-corrected chi connectivity index (χ2v) is 10.4. The lowest BCUT2D eigenvalue weighted by Crippen LogP contribution is -2.58. The van der Waals surface area contributed by atoms with E-state index in [1.165, 1.54) is 0 Å². The highest BCUT2D eigenvalue weighted by atomic mass is 32.2. The van der Waals surface area contributed by atoms with E-state index in [4.69, 9.17) is 0 Å². The van der Waals surface area contributed by atoms with E-state index in [1.54, 1.807) is 4.31 Å². The average Bonchev–Trinajstić information content (AvgIpc) is 2.62. The molecule has 7 heteroatoms. The lowest BCUT2D eigenvalue weighted by Gasteiger charge is -2.39. The highest BCUT2D eigenvalue weighted by Gasteiger charge is 2.38. The summed E-state index contributed by atoms with van der Waals surface area (Å²) >= 11 is 0. The lowest BCUT2D eigenvalue weighted by atomic mass is 9.77. The Kier molecular flexibility index (Phi) is 6.23. The third kappa shape index (κ3) is 5.09. The topological polar surface area (TPSA) is 78.5 Å². The molecule has 150 valence electrons. The van der Waals surface area contributed by atoms with E-state index in [-0.39, 0.29) is 29.2 Å². The van der Waals surface area contributed by atoms with E-state index >= 15 is 0 Å². The first kappa shape index (κ1) is 20.3. The average molecular weight is 394 g/mol. The molecule has 1 aromatic rings. The number of amides is 1. The van der Waals surface area contributed by atoms with E-state index < -0.39 is 10.0 Å². The van der Waals surface area contributed by atoms with Gasteiger partial charge in [0.2, 0.25) is 15.9 Å². The fourth-order valence-electron chi connectivity index (χ4n) is 4.10. The number of piperidine rings is 2. The van der Waals surface area contributed by atoms with Gasteiger partial charge in [0, 0.05) is 19.1 Å². The van der Waals surface area contributed by atoms with Crippen LogP contribution in [0.3, 0.4) is 0 Å². The van der Waals surface area contributed by atoms with Crippen LogP contribution in [0.4, 0.5) is 0 Å². The van der Waals surface area contributed by atoms with Crippen molar-refractivity contribution in [3.05, 3.63) is 35.9 Å². The van der Waals surface area contributed by atoms with Crippen LogP contribution in [0.25, 0.3) is 0 Å². The third-order valence-electron chi connectivity index (χ3n) is 5.78. The molecule has 1 amide bonds. The summed E-state index contributed by atoms with van der Waals surface area (Å²) in [5.41, 5.74) is 0.751. The van der Waals surface area contributed by atoms with Crippen molar-refractivity contribution in [2.24, 2.45) is 5.41 Å². The van der Waals surface area contributed by atoms with Crippen LogP contribution >= 0.6 is 0 Å². The van der Waals surface area contributed by atoms with Gasteiger partial charge in [-0.1, -0.05) is 44.2 Å². The predicted molar refractivity (Wildman–Crippen MR) is 107 cm³/mol. The third-order valence-corrected chi connectivity index (χ3v) is 7.63. The molecule has 1 aromatic carbocycles. The van der Waals surface area contributed by atoms with Gasteiger partial charge >= 0.3 is 0 Å². The van der Waals surface area contributed by atoms with Crippen LogP contribution in [0.15, 0.2) is 30.3 Å². The number of nitrogens with one attached hydrogen (secondary N) is 2. The normalized spacial score (nSPS) is 24.4. The molecule has 2 saturated heterocycles. The summed E-state index contributed by atoms with van der Waals surface area (Å²) in [4.78, 5) is 12.7. The number of hydrogen-bond acceptors (Lipinski definition) is 4. The molecule has 27 heavy (non-hydrogen) atoms. The maximum atomic E-state index is 12.7. The smallest absolute Gasteiger partial charge is 0.237 e. The minimum atomic E-state index is -3.32. The van der Waals surface area contributed by atoms with Crippen LogP contribution in [0, 0.1) is 5.41 Å². The van der Waals surface area contributed by atoms with Gasteiger partial charge in [-0.3, -0.25) is 4.79 Å². The summed E-state index contributed by atoms with van der Waals surface area (Å²) in [5.74, 6) is 0.0794. The fourth-order valence-corrected chi connectivity index (χ4v) is 5.66. The SMILES string of the molecule is CC1(C)CCCNC1C(=O)NC1CCN(S(=O)(=O)Cc2ccccc2)CC1. The second kappa shape index (κ2) is 8.29. The second-order valence-electron chi connectivity index (χ2n) is 8.40. The van der Waals surface area contributed by atoms with Crippen LogP contribution < -0.4 is 10.6 Å². The van der Waals surface area contributed by atoms with Crippen molar-refractivity contribution in [1.82, 2.24) is 14.9 Å². The maximum absolute atomic E-state index is 12.7. The fraction of sp³-hybridized carbons (Fsp3) is 0.650. The van der Waals surface area contributed by atoms with Crippen molar-refractivity contribution >= 4 is 15.9 Å². The first-order valence-corrected chi connectivity index (χ1v) is 11.4. The lowest BCUT2D eigenvalue weighted by molar-refractivity contribution is -0.127. The number of hydrogen-bond donors (Lipinski definition) is 2. The van der Waals surface area contributed by atoms with Gasteiger partial charge in [0.25, 0.3) is 0 Å². The molecule has 0 saturated carbocycles. The molecule has 0 spiro atoms. The van der Waals surface area contributed by atoms with E-state index in [0.29, 0.717) is 25.9 Å². The largest absolute Gasteiger partial charge is 0.352 e. The molecule has 2 aliphatic heterocycles. The molecule has 0 aliphatic carbocycles. The molecule has 6 nitrogen and oxygen atoms in total. The summed E-state index contributed by atoms with van der Waals surface area (Å²) in [7, 11) is -3.32. The summed E-state index contributed by atoms with van der Waals surface area (Å²) in [6.45, 7) is 6.05. The molecule has 2 N–H and O–H groups in total. The van der Waals surface area contributed by atoms with E-state index in [9.17, 15) is 13.2 Å². The van der Waals surface area contributed by atoms with Crippen LogP contribution in [0.1, 0.15) is 45.1 Å². The Morgan fingerprint density at radius 1 is 1.22 bits per heavy atom. The Morgan fingerprint density at radius 2 is 1.89 bits per heavy atom. The molecule has 0 bridgehead atoms. The van der Waals surface area contributed by atoms with E-state index in [1.807, 2.05) is 30.3 Å². The van der Waals surface area contributed by atoms with Gasteiger partial charge in [-0.05, 0) is 43.2 Å². The minimum Gasteiger partial charge on any atom is -0.352 e. The zero-order valence-electron chi connectivity index (χ0n) is 16.3. The standard InChI is InChI=1S/C20H31N3O3S/c1-20(2)11-6-12-21-18(20)19(24)22-17-9-13-23(14-10-17)27(25,26)15-16-7-4-3-5-8-16/h3-5,7-8,17-18,21H,6,9-15H2,1-2H3,(H,22,24). The van der Waals surface area contributed by atoms with E-state index in [2.05, 4.69) is 24.5 Å². The van der Waals surface area contributed by atoms with Crippen molar-refractivity contribution in [2.75, 3.05) is 19.6 Å². The van der Waals surface area contributed by atoms with Crippen LogP contribution in [0.2, 0.25) is 0 Å². The van der Waals surface area contributed by atoms with Gasteiger partial charge in [0.05, 0.1) is 11.8 Å². The molecule has 3 rings (SSSR count). The Labute approximate surface area is 162 Å². The summed E-state index contributed by atoms with van der Waals surface area (Å²) < 4.78 is 26.9. The Hall–Kier alpha value is -1.44. The zero-order valence-corrected chi connectivity index (χ0v) is 17.1. The first-order chi connectivity index (χ1) is 12.8. The molecular formula is C20H31N3O3S. The first-order valence-electron chi connectivity index (χ1n) is 9.83. The molecule has 2 fully saturated rings. The maximum Gasteiger partial charge on any atom is 0.237 e. The molecule has 2 aliphatic rings. The number of sulfonamides is 1. The van der Waals surface area contributed by atoms with Gasteiger partial charge in [-0.15, -0.1) is 0 Å². The summed E-state index contributed by atoms with van der Waals surface area (Å²) in [6, 6.07) is 9.13. The van der Waals surface area contributed by atoms with Crippen LogP contribution in [0.5, 0.6) is 0 Å². The molecule has 1 unspecified atom stereocenters. The van der Waals surface area contributed by atoms with E-state index in [0.717, 1.165) is 24.9 Å². The number of benzene rings is 1. The monoisotopic (exact) mass is 393 g/mol. The van der Waals surface area contributed by atoms with Crippen molar-refractivity contribution in [3.63, 3.8) is 0 Å². The Balaban J connectivity index is 1.52. The van der Waals surface area contributed by atoms with Gasteiger partial charge in [0.1, 0.15) is 0 Å². The van der Waals surface area contributed by atoms with Crippen molar-refractivity contribution in [2.45, 2.75) is 57.4 Å². The Morgan fingerprint density at radius 3 is 2.52 bits per heavy atom. The quantitative estimate of drug-likeness (QED) is 0.801. The molecule has 0 aromatic heterocycles. The highest BCUT2D eigenvalue weighted by molar-refractivity contribution is 7.88. The predicted octanol–water partition coefficient (Wildman–Crippen LogP) is 1.88. The molecule has 1 atom stereocenters. The van der Waals surface area contributed by atoms with Gasteiger partial charge in [-0.2, -0.15) is 0 Å². The number of nitrogens with zero attached hydrogens (tertiary/aromatic N) is 1. The molecule has 0 radical (unpaired) electrons. The van der Waals surface area contributed by atoms with Crippen LogP contribution in [-0.2, 0) is 20.6 Å². The molecule has 2 heterocycles. The summed E-state index contributed by atoms with van der Waals surface area (Å²) in [5, 5.41) is 6.48. The highest BCUT2D eigenvalue weighted by Crippen LogP contribution is 2.30. The number of carbonyl (C=O) groups excluding carboxylic acids is 1. The van der Waals surface area contributed by atoms with Gasteiger partial charge < -0.3 is 10.6 Å². The van der Waals surface area contributed by atoms with Gasteiger partial charge in [0.15, 0.2) is 0 Å². The number of carbonyl (C=O) groups is 1. The minimum absolute atomic E-state index is 0.0328. The van der Waals surface area contributed by atoms with Crippen LogP contribution in [-0.4, -0.2) is 50.3 Å².